The molecular formula is C18H17F4N3O2. The van der Waals surface area contributed by atoms with Gasteiger partial charge in [0.2, 0.25) is 11.8 Å². The van der Waals surface area contributed by atoms with Crippen molar-refractivity contribution in [3.8, 4) is 11.6 Å². The fourth-order valence-electron chi connectivity index (χ4n) is 2.71. The lowest BCUT2D eigenvalue weighted by atomic mass is 9.97. The van der Waals surface area contributed by atoms with Gasteiger partial charge < -0.3 is 15.4 Å². The van der Waals surface area contributed by atoms with Crippen LogP contribution in [0.15, 0.2) is 36.5 Å². The van der Waals surface area contributed by atoms with Gasteiger partial charge >= 0.3 is 6.18 Å². The maximum Gasteiger partial charge on any atom is 0.417 e. The van der Waals surface area contributed by atoms with Crippen LogP contribution in [0.3, 0.4) is 0 Å². The highest BCUT2D eigenvalue weighted by Gasteiger charge is 2.30. The molecule has 27 heavy (non-hydrogen) atoms. The molecule has 1 amide bonds. The predicted molar refractivity (Wildman–Crippen MR) is 89.9 cm³/mol. The van der Waals surface area contributed by atoms with Gasteiger partial charge in [0, 0.05) is 29.9 Å². The van der Waals surface area contributed by atoms with Crippen molar-refractivity contribution in [3.63, 3.8) is 0 Å². The molecule has 144 valence electrons. The average molecular weight is 383 g/mol. The lowest BCUT2D eigenvalue weighted by Gasteiger charge is -2.21. The molecule has 0 aliphatic carbocycles. The number of pyridine rings is 1. The normalized spacial score (nSPS) is 15.4. The largest absolute Gasteiger partial charge is 0.436 e. The van der Waals surface area contributed by atoms with Crippen LogP contribution in [0.2, 0.25) is 0 Å². The standard InChI is InChI=1S/C18H17F4N3O2/c19-14-9-13(25-17(26)11-5-7-23-8-6-11)2-3-15(14)27-16-4-1-12(10-24-16)18(20,21)22/h1-4,9-11,23H,5-8H2,(H,25,26). The summed E-state index contributed by atoms with van der Waals surface area (Å²) < 4.78 is 56.9. The third-order valence-corrected chi connectivity index (χ3v) is 4.19. The zero-order valence-electron chi connectivity index (χ0n) is 14.1. The summed E-state index contributed by atoms with van der Waals surface area (Å²) in [4.78, 5) is 15.7. The van der Waals surface area contributed by atoms with E-state index >= 15 is 0 Å². The van der Waals surface area contributed by atoms with E-state index < -0.39 is 17.6 Å². The summed E-state index contributed by atoms with van der Waals surface area (Å²) in [5, 5.41) is 5.82. The molecule has 0 atom stereocenters. The number of aromatic nitrogens is 1. The highest BCUT2D eigenvalue weighted by atomic mass is 19.4. The Bertz CT molecular complexity index is 803. The number of alkyl halides is 3. The summed E-state index contributed by atoms with van der Waals surface area (Å²) in [5.74, 6) is -1.44. The van der Waals surface area contributed by atoms with Crippen LogP contribution in [0.25, 0.3) is 0 Å². The molecule has 1 aromatic heterocycles. The van der Waals surface area contributed by atoms with Crippen LogP contribution in [0.5, 0.6) is 11.6 Å². The Morgan fingerprint density at radius 3 is 2.52 bits per heavy atom. The number of benzene rings is 1. The van der Waals surface area contributed by atoms with Crippen LogP contribution in [0, 0.1) is 11.7 Å². The highest BCUT2D eigenvalue weighted by molar-refractivity contribution is 5.92. The van der Waals surface area contributed by atoms with Crippen molar-refractivity contribution in [2.24, 2.45) is 5.92 Å². The van der Waals surface area contributed by atoms with Crippen molar-refractivity contribution in [2.45, 2.75) is 19.0 Å². The van der Waals surface area contributed by atoms with Crippen molar-refractivity contribution in [2.75, 3.05) is 18.4 Å². The molecule has 1 fully saturated rings. The third kappa shape index (κ3) is 4.94. The minimum atomic E-state index is -4.51. The Balaban J connectivity index is 1.65. The first-order valence-corrected chi connectivity index (χ1v) is 8.35. The van der Waals surface area contributed by atoms with E-state index in [9.17, 15) is 22.4 Å². The second-order valence-corrected chi connectivity index (χ2v) is 6.14. The fourth-order valence-corrected chi connectivity index (χ4v) is 2.71. The molecular weight excluding hydrogens is 366 g/mol. The number of rotatable bonds is 4. The Labute approximate surface area is 152 Å². The summed E-state index contributed by atoms with van der Waals surface area (Å²) in [6.07, 6.45) is -2.46. The lowest BCUT2D eigenvalue weighted by molar-refractivity contribution is -0.137. The van der Waals surface area contributed by atoms with Crippen LogP contribution in [-0.2, 0) is 11.0 Å². The zero-order valence-corrected chi connectivity index (χ0v) is 14.1. The molecule has 5 nitrogen and oxygen atoms in total. The fraction of sp³-hybridized carbons (Fsp3) is 0.333. The van der Waals surface area contributed by atoms with E-state index in [1.165, 1.54) is 12.1 Å². The number of carbonyl (C=O) groups excluding carboxylic acids is 1. The van der Waals surface area contributed by atoms with Gasteiger partial charge in [-0.25, -0.2) is 9.37 Å². The van der Waals surface area contributed by atoms with Crippen molar-refractivity contribution in [1.29, 1.82) is 0 Å². The van der Waals surface area contributed by atoms with Crippen LogP contribution >= 0.6 is 0 Å². The van der Waals surface area contributed by atoms with E-state index in [0.29, 0.717) is 6.20 Å². The number of carbonyl (C=O) groups is 1. The number of nitrogens with one attached hydrogen (secondary N) is 2. The van der Waals surface area contributed by atoms with E-state index in [4.69, 9.17) is 4.74 Å². The topological polar surface area (TPSA) is 63.2 Å². The molecule has 0 spiro atoms. The van der Waals surface area contributed by atoms with E-state index in [0.717, 1.165) is 44.1 Å². The van der Waals surface area contributed by atoms with Crippen LogP contribution < -0.4 is 15.4 Å². The number of amides is 1. The van der Waals surface area contributed by atoms with Gasteiger partial charge in [0.15, 0.2) is 11.6 Å². The average Bonchev–Trinajstić information content (AvgIpc) is 2.64. The Hall–Kier alpha value is -2.68. The Morgan fingerprint density at radius 1 is 1.19 bits per heavy atom. The van der Waals surface area contributed by atoms with E-state index in [1.807, 2.05) is 0 Å². The van der Waals surface area contributed by atoms with Gasteiger partial charge in [-0.05, 0) is 44.1 Å². The molecule has 1 aliphatic rings. The lowest BCUT2D eigenvalue weighted by Crippen LogP contribution is -2.34. The number of hydrogen-bond acceptors (Lipinski definition) is 4. The molecule has 0 radical (unpaired) electrons. The minimum Gasteiger partial charge on any atom is -0.436 e. The van der Waals surface area contributed by atoms with Crippen molar-refractivity contribution in [1.82, 2.24) is 10.3 Å². The molecule has 3 rings (SSSR count). The summed E-state index contributed by atoms with van der Waals surface area (Å²) in [5.41, 5.74) is -0.643. The first-order valence-electron chi connectivity index (χ1n) is 8.35. The molecule has 0 bridgehead atoms. The number of piperidine rings is 1. The number of nitrogens with zero attached hydrogens (tertiary/aromatic N) is 1. The van der Waals surface area contributed by atoms with Gasteiger partial charge in [0.25, 0.3) is 0 Å². The maximum absolute atomic E-state index is 14.2. The molecule has 0 unspecified atom stereocenters. The SMILES string of the molecule is O=C(Nc1ccc(Oc2ccc(C(F)(F)F)cn2)c(F)c1)C1CCNCC1. The van der Waals surface area contributed by atoms with Gasteiger partial charge in [0.1, 0.15) is 0 Å². The van der Waals surface area contributed by atoms with E-state index in [-0.39, 0.29) is 29.1 Å². The monoisotopic (exact) mass is 383 g/mol. The first kappa shape index (κ1) is 19.1. The maximum atomic E-state index is 14.2. The van der Waals surface area contributed by atoms with Crippen molar-refractivity contribution >= 4 is 11.6 Å². The molecule has 2 N–H and O–H groups in total. The summed E-state index contributed by atoms with van der Waals surface area (Å²) in [7, 11) is 0. The second-order valence-electron chi connectivity index (χ2n) is 6.14. The van der Waals surface area contributed by atoms with Gasteiger partial charge in [-0.15, -0.1) is 0 Å². The number of anilines is 1. The van der Waals surface area contributed by atoms with Gasteiger partial charge in [-0.2, -0.15) is 13.2 Å². The third-order valence-electron chi connectivity index (χ3n) is 4.19. The molecule has 0 saturated carbocycles. The van der Waals surface area contributed by atoms with Crippen LogP contribution in [0.1, 0.15) is 18.4 Å². The molecule has 1 saturated heterocycles. The number of hydrogen-bond donors (Lipinski definition) is 2. The van der Waals surface area contributed by atoms with Gasteiger partial charge in [-0.1, -0.05) is 0 Å². The highest BCUT2D eigenvalue weighted by Crippen LogP contribution is 2.31. The Kier molecular flexibility index (Phi) is 5.59. The summed E-state index contributed by atoms with van der Waals surface area (Å²) in [6.45, 7) is 1.53. The molecule has 2 aromatic rings. The number of halogens is 4. The van der Waals surface area contributed by atoms with E-state index in [1.54, 1.807) is 0 Å². The summed E-state index contributed by atoms with van der Waals surface area (Å²) >= 11 is 0. The minimum absolute atomic E-state index is 0.124. The zero-order chi connectivity index (χ0) is 19.4. The predicted octanol–water partition coefficient (Wildman–Crippen LogP) is 3.97. The van der Waals surface area contributed by atoms with Crippen LogP contribution in [0.4, 0.5) is 23.2 Å². The van der Waals surface area contributed by atoms with Gasteiger partial charge in [0.05, 0.1) is 5.56 Å². The molecule has 9 heteroatoms. The number of ether oxygens (including phenoxy) is 1. The second kappa shape index (κ2) is 7.91. The van der Waals surface area contributed by atoms with Crippen molar-refractivity contribution in [3.05, 3.63) is 47.9 Å². The summed E-state index contributed by atoms with van der Waals surface area (Å²) in [6, 6.07) is 5.65. The first-order chi connectivity index (χ1) is 12.8. The molecule has 1 aromatic carbocycles. The van der Waals surface area contributed by atoms with Crippen molar-refractivity contribution < 1.29 is 27.1 Å². The van der Waals surface area contributed by atoms with Crippen LogP contribution in [-0.4, -0.2) is 24.0 Å². The van der Waals surface area contributed by atoms with E-state index in [2.05, 4.69) is 15.6 Å². The molecule has 1 aliphatic heterocycles. The quantitative estimate of drug-likeness (QED) is 0.785. The van der Waals surface area contributed by atoms with Gasteiger partial charge in [-0.3, -0.25) is 4.79 Å². The Morgan fingerprint density at radius 2 is 1.93 bits per heavy atom. The smallest absolute Gasteiger partial charge is 0.417 e. The molecule has 2 heterocycles.